The van der Waals surface area contributed by atoms with Crippen molar-refractivity contribution in [1.29, 1.82) is 0 Å². The summed E-state index contributed by atoms with van der Waals surface area (Å²) in [6, 6.07) is 10.7. The van der Waals surface area contributed by atoms with E-state index in [-0.39, 0.29) is 6.61 Å². The topological polar surface area (TPSA) is 32.3 Å². The molecule has 0 radical (unpaired) electrons. The molecule has 1 unspecified atom stereocenters. The average molecular weight is 211 g/mol. The fourth-order valence-corrected chi connectivity index (χ4v) is 2.01. The number of thioether (sulfide) groups is 1. The third kappa shape index (κ3) is 3.70. The van der Waals surface area contributed by atoms with Gasteiger partial charge in [0.1, 0.15) is 0 Å². The SMILES string of the molecule is CSCC(NCCO)c1ccccc1. The van der Waals surface area contributed by atoms with Crippen molar-refractivity contribution in [2.75, 3.05) is 25.2 Å². The van der Waals surface area contributed by atoms with Crippen molar-refractivity contribution in [2.24, 2.45) is 0 Å². The van der Waals surface area contributed by atoms with Gasteiger partial charge in [0, 0.05) is 18.3 Å². The summed E-state index contributed by atoms with van der Waals surface area (Å²) in [5.74, 6) is 1.03. The number of rotatable bonds is 6. The van der Waals surface area contributed by atoms with E-state index in [0.29, 0.717) is 12.6 Å². The molecular formula is C11H17NOS. The maximum atomic E-state index is 8.76. The molecule has 0 aliphatic rings. The normalized spacial score (nSPS) is 12.7. The second kappa shape index (κ2) is 6.87. The summed E-state index contributed by atoms with van der Waals surface area (Å²) in [7, 11) is 0. The van der Waals surface area contributed by atoms with Crippen molar-refractivity contribution >= 4 is 11.8 Å². The fourth-order valence-electron chi connectivity index (χ4n) is 1.36. The largest absolute Gasteiger partial charge is 0.395 e. The summed E-state index contributed by atoms with van der Waals surface area (Å²) < 4.78 is 0. The van der Waals surface area contributed by atoms with Gasteiger partial charge in [-0.2, -0.15) is 11.8 Å². The fraction of sp³-hybridized carbons (Fsp3) is 0.455. The molecule has 1 aromatic rings. The van der Waals surface area contributed by atoms with Crippen molar-refractivity contribution in [3.05, 3.63) is 35.9 Å². The molecule has 0 amide bonds. The molecule has 3 heteroatoms. The monoisotopic (exact) mass is 211 g/mol. The van der Waals surface area contributed by atoms with Gasteiger partial charge in [-0.25, -0.2) is 0 Å². The lowest BCUT2D eigenvalue weighted by Crippen LogP contribution is -2.26. The Hall–Kier alpha value is -0.510. The van der Waals surface area contributed by atoms with Crippen LogP contribution >= 0.6 is 11.8 Å². The summed E-state index contributed by atoms with van der Waals surface area (Å²) in [4.78, 5) is 0. The summed E-state index contributed by atoms with van der Waals surface area (Å²) in [6.07, 6.45) is 2.09. The van der Waals surface area contributed by atoms with Gasteiger partial charge < -0.3 is 10.4 Å². The zero-order chi connectivity index (χ0) is 10.2. The Labute approximate surface area is 89.7 Å². The van der Waals surface area contributed by atoms with E-state index in [1.807, 2.05) is 30.0 Å². The van der Waals surface area contributed by atoms with E-state index in [1.165, 1.54) is 5.56 Å². The predicted molar refractivity (Wildman–Crippen MR) is 62.7 cm³/mol. The molecule has 14 heavy (non-hydrogen) atoms. The Bertz CT molecular complexity index is 240. The first kappa shape index (κ1) is 11.6. The first-order valence-corrected chi connectivity index (χ1v) is 6.16. The summed E-state index contributed by atoms with van der Waals surface area (Å²) in [5, 5.41) is 12.1. The average Bonchev–Trinajstić information content (AvgIpc) is 2.25. The highest BCUT2D eigenvalue weighted by Gasteiger charge is 2.08. The van der Waals surface area contributed by atoms with E-state index in [0.717, 1.165) is 5.75 Å². The van der Waals surface area contributed by atoms with E-state index in [1.54, 1.807) is 0 Å². The minimum Gasteiger partial charge on any atom is -0.395 e. The van der Waals surface area contributed by atoms with Crippen LogP contribution < -0.4 is 5.32 Å². The zero-order valence-corrected chi connectivity index (χ0v) is 9.26. The standard InChI is InChI=1S/C11H17NOS/c1-14-9-11(12-7-8-13)10-5-3-2-4-6-10/h2-6,11-13H,7-9H2,1H3. The third-order valence-corrected chi connectivity index (χ3v) is 2.70. The van der Waals surface area contributed by atoms with Crippen molar-refractivity contribution < 1.29 is 5.11 Å². The summed E-state index contributed by atoms with van der Waals surface area (Å²) in [6.45, 7) is 0.845. The molecule has 0 saturated carbocycles. The Morgan fingerprint density at radius 3 is 2.64 bits per heavy atom. The number of nitrogens with one attached hydrogen (secondary N) is 1. The van der Waals surface area contributed by atoms with Crippen LogP contribution in [0, 0.1) is 0 Å². The molecule has 1 aromatic carbocycles. The van der Waals surface area contributed by atoms with E-state index in [2.05, 4.69) is 23.7 Å². The highest BCUT2D eigenvalue weighted by molar-refractivity contribution is 7.98. The van der Waals surface area contributed by atoms with Crippen LogP contribution in [0.3, 0.4) is 0 Å². The quantitative estimate of drug-likeness (QED) is 0.751. The molecule has 0 fully saturated rings. The minimum absolute atomic E-state index is 0.192. The first-order chi connectivity index (χ1) is 6.88. The van der Waals surface area contributed by atoms with Gasteiger partial charge in [0.15, 0.2) is 0 Å². The molecule has 0 spiro atoms. The Balaban J connectivity index is 2.58. The van der Waals surface area contributed by atoms with Crippen LogP contribution in [0.25, 0.3) is 0 Å². The van der Waals surface area contributed by atoms with Crippen LogP contribution in [0.1, 0.15) is 11.6 Å². The molecule has 1 rings (SSSR count). The van der Waals surface area contributed by atoms with Gasteiger partial charge in [0.2, 0.25) is 0 Å². The Kier molecular flexibility index (Phi) is 5.68. The highest BCUT2D eigenvalue weighted by Crippen LogP contribution is 2.16. The van der Waals surface area contributed by atoms with E-state index >= 15 is 0 Å². The van der Waals surface area contributed by atoms with Gasteiger partial charge in [-0.1, -0.05) is 30.3 Å². The highest BCUT2D eigenvalue weighted by atomic mass is 32.2. The number of aliphatic hydroxyl groups is 1. The zero-order valence-electron chi connectivity index (χ0n) is 8.44. The molecule has 2 N–H and O–H groups in total. The van der Waals surface area contributed by atoms with Crippen molar-refractivity contribution in [3.63, 3.8) is 0 Å². The van der Waals surface area contributed by atoms with Crippen LogP contribution in [0.2, 0.25) is 0 Å². The molecule has 0 saturated heterocycles. The van der Waals surface area contributed by atoms with Crippen molar-refractivity contribution in [2.45, 2.75) is 6.04 Å². The maximum absolute atomic E-state index is 8.76. The molecule has 0 bridgehead atoms. The molecule has 78 valence electrons. The third-order valence-electron chi connectivity index (χ3n) is 2.04. The van der Waals surface area contributed by atoms with E-state index < -0.39 is 0 Å². The van der Waals surface area contributed by atoms with E-state index in [4.69, 9.17) is 5.11 Å². The molecule has 0 heterocycles. The van der Waals surface area contributed by atoms with Gasteiger partial charge in [-0.3, -0.25) is 0 Å². The van der Waals surface area contributed by atoms with Gasteiger partial charge in [-0.15, -0.1) is 0 Å². The molecule has 0 aliphatic carbocycles. The number of hydrogen-bond acceptors (Lipinski definition) is 3. The molecule has 0 aliphatic heterocycles. The molecule has 0 aromatic heterocycles. The Morgan fingerprint density at radius 2 is 2.07 bits per heavy atom. The number of aliphatic hydroxyl groups excluding tert-OH is 1. The minimum atomic E-state index is 0.192. The van der Waals surface area contributed by atoms with Crippen LogP contribution in [-0.4, -0.2) is 30.3 Å². The number of hydrogen-bond donors (Lipinski definition) is 2. The van der Waals surface area contributed by atoms with Crippen LogP contribution in [0.15, 0.2) is 30.3 Å². The van der Waals surface area contributed by atoms with E-state index in [9.17, 15) is 0 Å². The molecule has 2 nitrogen and oxygen atoms in total. The van der Waals surface area contributed by atoms with Crippen LogP contribution in [0.4, 0.5) is 0 Å². The molecular weight excluding hydrogens is 194 g/mol. The summed E-state index contributed by atoms with van der Waals surface area (Å²) in [5.41, 5.74) is 1.29. The van der Waals surface area contributed by atoms with Crippen LogP contribution in [-0.2, 0) is 0 Å². The van der Waals surface area contributed by atoms with Crippen molar-refractivity contribution in [3.8, 4) is 0 Å². The number of benzene rings is 1. The lowest BCUT2D eigenvalue weighted by atomic mass is 10.1. The predicted octanol–water partition coefficient (Wildman–Crippen LogP) is 1.67. The first-order valence-electron chi connectivity index (χ1n) is 4.76. The Morgan fingerprint density at radius 1 is 1.36 bits per heavy atom. The van der Waals surface area contributed by atoms with Gasteiger partial charge in [-0.05, 0) is 11.8 Å². The van der Waals surface area contributed by atoms with Gasteiger partial charge >= 0.3 is 0 Å². The van der Waals surface area contributed by atoms with Crippen LogP contribution in [0.5, 0.6) is 0 Å². The lowest BCUT2D eigenvalue weighted by Gasteiger charge is -2.17. The van der Waals surface area contributed by atoms with Crippen molar-refractivity contribution in [1.82, 2.24) is 5.32 Å². The summed E-state index contributed by atoms with van der Waals surface area (Å²) >= 11 is 1.81. The second-order valence-corrected chi connectivity index (χ2v) is 4.01. The second-order valence-electron chi connectivity index (χ2n) is 3.10. The molecule has 1 atom stereocenters. The maximum Gasteiger partial charge on any atom is 0.0556 e. The van der Waals surface area contributed by atoms with Gasteiger partial charge in [0.05, 0.1) is 6.61 Å². The lowest BCUT2D eigenvalue weighted by molar-refractivity contribution is 0.287. The van der Waals surface area contributed by atoms with Gasteiger partial charge in [0.25, 0.3) is 0 Å². The smallest absolute Gasteiger partial charge is 0.0556 e.